The fourth-order valence-corrected chi connectivity index (χ4v) is 4.53. The number of hydrogen-bond donors (Lipinski definition) is 2. The number of amidine groups is 1. The van der Waals surface area contributed by atoms with E-state index >= 15 is 0 Å². The first-order chi connectivity index (χ1) is 15.1. The Hall–Kier alpha value is -3.31. The number of nitrogens with zero attached hydrogens (tertiary/aromatic N) is 2. The molecule has 0 spiro atoms. The predicted molar refractivity (Wildman–Crippen MR) is 125 cm³/mol. The van der Waals surface area contributed by atoms with Gasteiger partial charge in [0.2, 0.25) is 0 Å². The monoisotopic (exact) mass is 431 g/mol. The summed E-state index contributed by atoms with van der Waals surface area (Å²) in [5, 5.41) is 16.6. The molecule has 0 unspecified atom stereocenters. The summed E-state index contributed by atoms with van der Waals surface area (Å²) in [5.41, 5.74) is 2.02. The van der Waals surface area contributed by atoms with E-state index in [0.717, 1.165) is 29.3 Å². The van der Waals surface area contributed by atoms with Gasteiger partial charge in [-0.2, -0.15) is 0 Å². The summed E-state index contributed by atoms with van der Waals surface area (Å²) in [4.78, 5) is 20.1. The number of carbonyl (C=O) groups is 1. The Morgan fingerprint density at radius 3 is 2.68 bits per heavy atom. The SMILES string of the molecule is O=C(Nc1cccc2ccccc12)C1=C(O)C[C@H](c2ccc(Cl)cc2)N2CCCN=C12. The molecule has 6 heteroatoms. The highest BCUT2D eigenvalue weighted by Crippen LogP contribution is 2.37. The van der Waals surface area contributed by atoms with Gasteiger partial charge in [-0.1, -0.05) is 60.1 Å². The first kappa shape index (κ1) is 19.6. The summed E-state index contributed by atoms with van der Waals surface area (Å²) in [6, 6.07) is 21.2. The molecular weight excluding hydrogens is 410 g/mol. The molecule has 5 nitrogen and oxygen atoms in total. The minimum atomic E-state index is -0.339. The number of fused-ring (bicyclic) bond motifs is 2. The number of hydrogen-bond acceptors (Lipinski definition) is 4. The Morgan fingerprint density at radius 1 is 1.06 bits per heavy atom. The largest absolute Gasteiger partial charge is 0.511 e. The zero-order valence-corrected chi connectivity index (χ0v) is 17.6. The van der Waals surface area contributed by atoms with Gasteiger partial charge in [0.25, 0.3) is 5.91 Å². The van der Waals surface area contributed by atoms with Gasteiger partial charge in [0.1, 0.15) is 17.2 Å². The zero-order valence-electron chi connectivity index (χ0n) is 16.9. The fraction of sp³-hybridized carbons (Fsp3) is 0.200. The Kier molecular flexibility index (Phi) is 5.12. The predicted octanol–water partition coefficient (Wildman–Crippen LogP) is 5.49. The Balaban J connectivity index is 1.50. The number of nitrogens with one attached hydrogen (secondary N) is 1. The molecule has 2 aliphatic rings. The van der Waals surface area contributed by atoms with E-state index in [1.807, 2.05) is 66.7 Å². The number of benzene rings is 3. The maximum absolute atomic E-state index is 13.3. The maximum atomic E-state index is 13.3. The summed E-state index contributed by atoms with van der Waals surface area (Å²) in [6.07, 6.45) is 1.26. The molecule has 5 rings (SSSR count). The Morgan fingerprint density at radius 2 is 1.84 bits per heavy atom. The van der Waals surface area contributed by atoms with E-state index in [4.69, 9.17) is 11.6 Å². The van der Waals surface area contributed by atoms with Crippen LogP contribution in [0.1, 0.15) is 24.4 Å². The van der Waals surface area contributed by atoms with Crippen molar-refractivity contribution in [2.24, 2.45) is 4.99 Å². The lowest BCUT2D eigenvalue weighted by Gasteiger charge is -2.41. The van der Waals surface area contributed by atoms with E-state index in [-0.39, 0.29) is 23.3 Å². The zero-order chi connectivity index (χ0) is 21.4. The highest BCUT2D eigenvalue weighted by molar-refractivity contribution is 6.30. The third-order valence-electron chi connectivity index (χ3n) is 5.89. The highest BCUT2D eigenvalue weighted by atomic mass is 35.5. The number of halogens is 1. The molecular formula is C25H22ClN3O2. The fourth-order valence-electron chi connectivity index (χ4n) is 4.41. The van der Waals surface area contributed by atoms with Crippen LogP contribution in [0, 0.1) is 0 Å². The van der Waals surface area contributed by atoms with Gasteiger partial charge in [-0.25, -0.2) is 0 Å². The van der Waals surface area contributed by atoms with Crippen LogP contribution < -0.4 is 5.32 Å². The van der Waals surface area contributed by atoms with Gasteiger partial charge in [-0.15, -0.1) is 0 Å². The number of anilines is 1. The van der Waals surface area contributed by atoms with Gasteiger partial charge >= 0.3 is 0 Å². The number of rotatable bonds is 3. The summed E-state index contributed by atoms with van der Waals surface area (Å²) in [7, 11) is 0. The Bertz CT molecular complexity index is 1210. The lowest BCUT2D eigenvalue weighted by molar-refractivity contribution is -0.112. The molecule has 2 aliphatic heterocycles. The summed E-state index contributed by atoms with van der Waals surface area (Å²) < 4.78 is 0. The van der Waals surface area contributed by atoms with Gasteiger partial charge in [0.05, 0.1) is 6.04 Å². The molecule has 0 radical (unpaired) electrons. The number of carbonyl (C=O) groups excluding carboxylic acids is 1. The smallest absolute Gasteiger partial charge is 0.262 e. The van der Waals surface area contributed by atoms with E-state index < -0.39 is 0 Å². The molecule has 0 bridgehead atoms. The third kappa shape index (κ3) is 3.66. The maximum Gasteiger partial charge on any atom is 0.262 e. The molecule has 2 heterocycles. The van der Waals surface area contributed by atoms with Crippen molar-refractivity contribution >= 4 is 39.8 Å². The lowest BCUT2D eigenvalue weighted by atomic mass is 9.92. The van der Waals surface area contributed by atoms with Crippen LogP contribution in [0.25, 0.3) is 10.8 Å². The number of aliphatic hydroxyl groups excluding tert-OH is 1. The van der Waals surface area contributed by atoms with Gasteiger partial charge in [0, 0.05) is 35.6 Å². The number of amides is 1. The standard InChI is InChI=1S/C25H22ClN3O2/c26-18-11-9-17(10-12-18)21-15-22(30)23(24-27-13-4-14-29(21)24)25(31)28-20-8-3-6-16-5-1-2-7-19(16)20/h1-3,5-12,21,30H,4,13-15H2,(H,28,31)/t21-/m1/s1. The minimum Gasteiger partial charge on any atom is -0.511 e. The summed E-state index contributed by atoms with van der Waals surface area (Å²) in [6.45, 7) is 1.42. The van der Waals surface area contributed by atoms with Crippen molar-refractivity contribution in [3.05, 3.63) is 88.6 Å². The van der Waals surface area contributed by atoms with Gasteiger partial charge in [-0.05, 0) is 35.6 Å². The van der Waals surface area contributed by atoms with Crippen molar-refractivity contribution < 1.29 is 9.90 Å². The van der Waals surface area contributed by atoms with Crippen molar-refractivity contribution in [3.63, 3.8) is 0 Å². The number of aliphatic hydroxyl groups is 1. The normalized spacial score (nSPS) is 18.5. The Labute approximate surface area is 185 Å². The lowest BCUT2D eigenvalue weighted by Crippen LogP contribution is -2.45. The van der Waals surface area contributed by atoms with Crippen LogP contribution in [0.4, 0.5) is 5.69 Å². The number of aliphatic imine (C=N–C) groups is 1. The van der Waals surface area contributed by atoms with E-state index in [1.54, 1.807) is 0 Å². The van der Waals surface area contributed by atoms with Crippen LogP contribution in [0.5, 0.6) is 0 Å². The third-order valence-corrected chi connectivity index (χ3v) is 6.14. The van der Waals surface area contributed by atoms with Crippen molar-refractivity contribution in [1.29, 1.82) is 0 Å². The molecule has 0 fully saturated rings. The van der Waals surface area contributed by atoms with E-state index in [0.29, 0.717) is 29.5 Å². The van der Waals surface area contributed by atoms with E-state index in [1.165, 1.54) is 0 Å². The molecule has 3 aromatic rings. The van der Waals surface area contributed by atoms with Crippen molar-refractivity contribution in [3.8, 4) is 0 Å². The average molecular weight is 432 g/mol. The van der Waals surface area contributed by atoms with Crippen LogP contribution in [0.2, 0.25) is 5.02 Å². The van der Waals surface area contributed by atoms with E-state index in [2.05, 4.69) is 15.2 Å². The molecule has 156 valence electrons. The molecule has 0 aromatic heterocycles. The van der Waals surface area contributed by atoms with Crippen molar-refractivity contribution in [2.45, 2.75) is 18.9 Å². The van der Waals surface area contributed by atoms with Gasteiger partial charge in [-0.3, -0.25) is 9.79 Å². The molecule has 1 amide bonds. The second-order valence-electron chi connectivity index (χ2n) is 7.83. The molecule has 0 aliphatic carbocycles. The van der Waals surface area contributed by atoms with Crippen molar-refractivity contribution in [2.75, 3.05) is 18.4 Å². The second-order valence-corrected chi connectivity index (χ2v) is 8.26. The summed E-state index contributed by atoms with van der Waals surface area (Å²) in [5.74, 6) is 0.288. The van der Waals surface area contributed by atoms with Gasteiger partial charge in [0.15, 0.2) is 0 Å². The second kappa shape index (κ2) is 8.08. The highest BCUT2D eigenvalue weighted by Gasteiger charge is 2.37. The van der Waals surface area contributed by atoms with Crippen molar-refractivity contribution in [1.82, 2.24) is 4.90 Å². The quantitative estimate of drug-likeness (QED) is 0.576. The average Bonchev–Trinajstić information content (AvgIpc) is 2.79. The molecule has 0 saturated heterocycles. The van der Waals surface area contributed by atoms with Crippen LogP contribution >= 0.6 is 11.6 Å². The first-order valence-corrected chi connectivity index (χ1v) is 10.8. The molecule has 31 heavy (non-hydrogen) atoms. The first-order valence-electron chi connectivity index (χ1n) is 10.4. The van der Waals surface area contributed by atoms with Crippen LogP contribution in [-0.2, 0) is 4.79 Å². The molecule has 0 saturated carbocycles. The van der Waals surface area contributed by atoms with Crippen LogP contribution in [0.3, 0.4) is 0 Å². The molecule has 1 atom stereocenters. The van der Waals surface area contributed by atoms with Crippen LogP contribution in [0.15, 0.2) is 83.1 Å². The summed E-state index contributed by atoms with van der Waals surface area (Å²) >= 11 is 6.05. The van der Waals surface area contributed by atoms with E-state index in [9.17, 15) is 9.90 Å². The molecule has 3 aromatic carbocycles. The minimum absolute atomic E-state index is 0.0644. The van der Waals surface area contributed by atoms with Gasteiger partial charge < -0.3 is 15.3 Å². The molecule has 2 N–H and O–H groups in total. The van der Waals surface area contributed by atoms with Crippen LogP contribution in [-0.4, -0.2) is 34.8 Å². The topological polar surface area (TPSA) is 64.9 Å².